The zero-order valence-electron chi connectivity index (χ0n) is 10.3. The average molecular weight is 317 g/mol. The first-order chi connectivity index (χ1) is 9.22. The summed E-state index contributed by atoms with van der Waals surface area (Å²) in [4.78, 5) is 16.2. The zero-order valence-corrected chi connectivity index (χ0v) is 11.9. The highest BCUT2D eigenvalue weighted by Gasteiger charge is 2.23. The van der Waals surface area contributed by atoms with Crippen molar-refractivity contribution in [3.05, 3.63) is 63.9 Å². The van der Waals surface area contributed by atoms with Gasteiger partial charge in [-0.3, -0.25) is 4.79 Å². The van der Waals surface area contributed by atoms with Crippen LogP contribution in [-0.4, -0.2) is 16.9 Å². The molecule has 2 aromatic rings. The third-order valence-electron chi connectivity index (χ3n) is 3.35. The van der Waals surface area contributed by atoms with Gasteiger partial charge in [0.25, 0.3) is 5.91 Å². The van der Waals surface area contributed by atoms with Crippen molar-refractivity contribution < 1.29 is 4.79 Å². The van der Waals surface area contributed by atoms with Gasteiger partial charge in [-0.2, -0.15) is 0 Å². The van der Waals surface area contributed by atoms with E-state index in [-0.39, 0.29) is 11.9 Å². The van der Waals surface area contributed by atoms with E-state index in [0.29, 0.717) is 5.69 Å². The van der Waals surface area contributed by atoms with E-state index in [2.05, 4.69) is 38.4 Å². The van der Waals surface area contributed by atoms with Crippen LogP contribution in [0.4, 0.5) is 0 Å². The molecular formula is C15H13BrN2O. The Hall–Kier alpha value is -1.68. The van der Waals surface area contributed by atoms with Crippen LogP contribution >= 0.6 is 15.9 Å². The number of aromatic nitrogens is 1. The van der Waals surface area contributed by atoms with Crippen molar-refractivity contribution in [2.45, 2.75) is 18.9 Å². The highest BCUT2D eigenvalue weighted by molar-refractivity contribution is 9.10. The first-order valence-corrected chi connectivity index (χ1v) is 7.01. The number of fused-ring (bicyclic) bond motifs is 1. The van der Waals surface area contributed by atoms with Crippen molar-refractivity contribution >= 4 is 21.8 Å². The summed E-state index contributed by atoms with van der Waals surface area (Å²) in [6.45, 7) is 0. The minimum Gasteiger partial charge on any atom is -0.347 e. The molecule has 0 unspecified atom stereocenters. The molecule has 0 saturated heterocycles. The fourth-order valence-corrected chi connectivity index (χ4v) is 2.66. The molecule has 0 bridgehead atoms. The summed E-state index contributed by atoms with van der Waals surface area (Å²) < 4.78 is 0.873. The molecule has 0 fully saturated rings. The van der Waals surface area contributed by atoms with Gasteiger partial charge in [0.05, 0.1) is 0 Å². The minimum atomic E-state index is -0.106. The van der Waals surface area contributed by atoms with E-state index in [1.54, 1.807) is 12.3 Å². The number of hydrogen-bond acceptors (Lipinski definition) is 2. The summed E-state index contributed by atoms with van der Waals surface area (Å²) in [7, 11) is 0. The summed E-state index contributed by atoms with van der Waals surface area (Å²) in [6, 6.07) is 12.1. The quantitative estimate of drug-likeness (QED) is 0.925. The third kappa shape index (κ3) is 2.68. The van der Waals surface area contributed by atoms with Gasteiger partial charge in [0.15, 0.2) is 0 Å². The molecule has 1 heterocycles. The number of carbonyl (C=O) groups excluding carboxylic acids is 1. The SMILES string of the molecule is O=C(NC1Cc2ccccc2C1)c1ccc(Br)cn1. The molecule has 3 nitrogen and oxygen atoms in total. The summed E-state index contributed by atoms with van der Waals surface area (Å²) >= 11 is 3.31. The van der Waals surface area contributed by atoms with E-state index < -0.39 is 0 Å². The van der Waals surface area contributed by atoms with Crippen LogP contribution in [0.1, 0.15) is 21.6 Å². The molecule has 19 heavy (non-hydrogen) atoms. The van der Waals surface area contributed by atoms with Crippen molar-refractivity contribution in [1.82, 2.24) is 10.3 Å². The van der Waals surface area contributed by atoms with Crippen molar-refractivity contribution in [2.24, 2.45) is 0 Å². The lowest BCUT2D eigenvalue weighted by atomic mass is 10.1. The number of pyridine rings is 1. The highest BCUT2D eigenvalue weighted by Crippen LogP contribution is 2.21. The lowest BCUT2D eigenvalue weighted by molar-refractivity contribution is 0.0933. The van der Waals surface area contributed by atoms with Crippen LogP contribution in [-0.2, 0) is 12.8 Å². The second-order valence-electron chi connectivity index (χ2n) is 4.71. The van der Waals surface area contributed by atoms with E-state index in [0.717, 1.165) is 17.3 Å². The number of amides is 1. The molecule has 0 aliphatic heterocycles. The van der Waals surface area contributed by atoms with Gasteiger partial charge >= 0.3 is 0 Å². The van der Waals surface area contributed by atoms with Gasteiger partial charge in [-0.15, -0.1) is 0 Å². The molecule has 1 amide bonds. The van der Waals surface area contributed by atoms with Crippen molar-refractivity contribution in [3.63, 3.8) is 0 Å². The average Bonchev–Trinajstić information content (AvgIpc) is 2.81. The lowest BCUT2D eigenvalue weighted by Crippen LogP contribution is -2.35. The van der Waals surface area contributed by atoms with Crippen LogP contribution in [0.3, 0.4) is 0 Å². The summed E-state index contributed by atoms with van der Waals surface area (Å²) in [6.07, 6.45) is 3.44. The summed E-state index contributed by atoms with van der Waals surface area (Å²) in [5.74, 6) is -0.106. The number of nitrogens with zero attached hydrogens (tertiary/aromatic N) is 1. The molecule has 1 aliphatic rings. The standard InChI is InChI=1S/C15H13BrN2O/c16-12-5-6-14(17-9-12)15(19)18-13-7-10-3-1-2-4-11(10)8-13/h1-6,9,13H,7-8H2,(H,18,19). The third-order valence-corrected chi connectivity index (χ3v) is 3.82. The fourth-order valence-electron chi connectivity index (χ4n) is 2.43. The molecule has 0 saturated carbocycles. The molecule has 1 aliphatic carbocycles. The Morgan fingerprint density at radius 1 is 1.16 bits per heavy atom. The maximum absolute atomic E-state index is 12.1. The highest BCUT2D eigenvalue weighted by atomic mass is 79.9. The molecular weight excluding hydrogens is 304 g/mol. The maximum atomic E-state index is 12.1. The normalized spacial score (nSPS) is 14.2. The molecule has 0 atom stereocenters. The predicted molar refractivity (Wildman–Crippen MR) is 77.0 cm³/mol. The van der Waals surface area contributed by atoms with Gasteiger partial charge in [-0.1, -0.05) is 24.3 Å². The van der Waals surface area contributed by atoms with Crippen molar-refractivity contribution in [3.8, 4) is 0 Å². The zero-order chi connectivity index (χ0) is 13.2. The number of benzene rings is 1. The molecule has 4 heteroatoms. The smallest absolute Gasteiger partial charge is 0.270 e. The lowest BCUT2D eigenvalue weighted by Gasteiger charge is -2.11. The van der Waals surface area contributed by atoms with E-state index in [4.69, 9.17) is 0 Å². The molecule has 1 aromatic carbocycles. The topological polar surface area (TPSA) is 42.0 Å². The maximum Gasteiger partial charge on any atom is 0.270 e. The molecule has 1 N–H and O–H groups in total. The van der Waals surface area contributed by atoms with Gasteiger partial charge in [0, 0.05) is 16.7 Å². The Kier molecular flexibility index (Phi) is 3.34. The molecule has 96 valence electrons. The molecule has 0 spiro atoms. The van der Waals surface area contributed by atoms with Gasteiger partial charge in [-0.25, -0.2) is 4.98 Å². The van der Waals surface area contributed by atoms with E-state index in [1.165, 1.54) is 11.1 Å². The number of nitrogens with one attached hydrogen (secondary N) is 1. The monoisotopic (exact) mass is 316 g/mol. The second-order valence-corrected chi connectivity index (χ2v) is 5.62. The van der Waals surface area contributed by atoms with Crippen LogP contribution < -0.4 is 5.32 Å². The van der Waals surface area contributed by atoms with Crippen LogP contribution in [0.25, 0.3) is 0 Å². The van der Waals surface area contributed by atoms with Crippen LogP contribution in [0, 0.1) is 0 Å². The number of rotatable bonds is 2. The van der Waals surface area contributed by atoms with Crippen LogP contribution in [0.2, 0.25) is 0 Å². The van der Waals surface area contributed by atoms with E-state index in [9.17, 15) is 4.79 Å². The predicted octanol–water partition coefficient (Wildman–Crippen LogP) is 2.74. The Morgan fingerprint density at radius 3 is 2.42 bits per heavy atom. The van der Waals surface area contributed by atoms with Gasteiger partial charge in [0.2, 0.25) is 0 Å². The summed E-state index contributed by atoms with van der Waals surface area (Å²) in [5, 5.41) is 3.04. The number of halogens is 1. The first-order valence-electron chi connectivity index (χ1n) is 6.21. The van der Waals surface area contributed by atoms with Gasteiger partial charge < -0.3 is 5.32 Å². The van der Waals surface area contributed by atoms with E-state index in [1.807, 2.05) is 18.2 Å². The fraction of sp³-hybridized carbons (Fsp3) is 0.200. The number of hydrogen-bond donors (Lipinski definition) is 1. The van der Waals surface area contributed by atoms with Crippen molar-refractivity contribution in [2.75, 3.05) is 0 Å². The Bertz CT molecular complexity index is 585. The van der Waals surface area contributed by atoms with E-state index >= 15 is 0 Å². The van der Waals surface area contributed by atoms with Gasteiger partial charge in [0.1, 0.15) is 5.69 Å². The largest absolute Gasteiger partial charge is 0.347 e. The minimum absolute atomic E-state index is 0.106. The van der Waals surface area contributed by atoms with Crippen molar-refractivity contribution in [1.29, 1.82) is 0 Å². The Labute approximate surface area is 120 Å². The Morgan fingerprint density at radius 2 is 1.84 bits per heavy atom. The molecule has 3 rings (SSSR count). The number of carbonyl (C=O) groups is 1. The summed E-state index contributed by atoms with van der Waals surface area (Å²) in [5.41, 5.74) is 3.12. The molecule has 0 radical (unpaired) electrons. The second kappa shape index (κ2) is 5.13. The molecule has 1 aromatic heterocycles. The first kappa shape index (κ1) is 12.4. The van der Waals surface area contributed by atoms with Crippen LogP contribution in [0.15, 0.2) is 47.1 Å². The van der Waals surface area contributed by atoms with Gasteiger partial charge in [-0.05, 0) is 52.0 Å². The Balaban J connectivity index is 1.67. The van der Waals surface area contributed by atoms with Crippen LogP contribution in [0.5, 0.6) is 0 Å².